The van der Waals surface area contributed by atoms with Gasteiger partial charge in [-0.1, -0.05) is 48.0 Å². The molecule has 0 N–H and O–H groups in total. The smallest absolute Gasteiger partial charge is 0.233 e. The van der Waals surface area contributed by atoms with Crippen molar-refractivity contribution >= 4 is 5.91 Å². The van der Waals surface area contributed by atoms with Crippen LogP contribution in [-0.4, -0.2) is 55.4 Å². The molecule has 5 nitrogen and oxygen atoms in total. The number of aryl methyl sites for hydroxylation is 1. The zero-order valence-electron chi connectivity index (χ0n) is 18.9. The van der Waals surface area contributed by atoms with Gasteiger partial charge in [0.15, 0.2) is 0 Å². The lowest BCUT2D eigenvalue weighted by Gasteiger charge is -2.44. The maximum Gasteiger partial charge on any atom is 0.233 e. The number of ether oxygens (including phenoxy) is 3. The van der Waals surface area contributed by atoms with E-state index in [4.69, 9.17) is 14.2 Å². The summed E-state index contributed by atoms with van der Waals surface area (Å²) in [6.07, 6.45) is 4.21. The average Bonchev–Trinajstić information content (AvgIpc) is 3.22. The molecule has 0 aliphatic carbocycles. The Morgan fingerprint density at radius 3 is 2.47 bits per heavy atom. The SMILES string of the molecule is Cc1cccc(C2(C(=O)N3CCC4(CC3)C[C@@H](Oc3ccccc3)CO4)CCOCC2)c1. The number of para-hydroxylation sites is 1. The number of amides is 1. The highest BCUT2D eigenvalue weighted by atomic mass is 16.6. The van der Waals surface area contributed by atoms with Gasteiger partial charge in [-0.15, -0.1) is 0 Å². The monoisotopic (exact) mass is 435 g/mol. The van der Waals surface area contributed by atoms with Crippen molar-refractivity contribution in [2.45, 2.75) is 56.1 Å². The maximum absolute atomic E-state index is 13.9. The second-order valence-corrected chi connectivity index (χ2v) is 9.61. The van der Waals surface area contributed by atoms with Crippen LogP contribution >= 0.6 is 0 Å². The first-order valence-electron chi connectivity index (χ1n) is 11.9. The van der Waals surface area contributed by atoms with E-state index in [1.54, 1.807) is 0 Å². The van der Waals surface area contributed by atoms with Gasteiger partial charge < -0.3 is 19.1 Å². The Labute approximate surface area is 190 Å². The number of nitrogens with zero attached hydrogens (tertiary/aromatic N) is 1. The average molecular weight is 436 g/mol. The Morgan fingerprint density at radius 2 is 1.75 bits per heavy atom. The molecule has 3 heterocycles. The van der Waals surface area contributed by atoms with Crippen molar-refractivity contribution in [2.75, 3.05) is 32.9 Å². The van der Waals surface area contributed by atoms with Gasteiger partial charge in [-0.3, -0.25) is 4.79 Å². The number of hydrogen-bond donors (Lipinski definition) is 0. The van der Waals surface area contributed by atoms with Crippen LogP contribution in [0.5, 0.6) is 5.75 Å². The number of carbonyl (C=O) groups is 1. The van der Waals surface area contributed by atoms with Crippen molar-refractivity contribution in [3.63, 3.8) is 0 Å². The van der Waals surface area contributed by atoms with E-state index < -0.39 is 5.41 Å². The van der Waals surface area contributed by atoms with E-state index in [1.165, 1.54) is 5.56 Å². The van der Waals surface area contributed by atoms with E-state index in [-0.39, 0.29) is 17.6 Å². The Kier molecular flexibility index (Phi) is 5.95. The van der Waals surface area contributed by atoms with E-state index in [9.17, 15) is 4.79 Å². The van der Waals surface area contributed by atoms with Crippen molar-refractivity contribution < 1.29 is 19.0 Å². The second kappa shape index (κ2) is 8.87. The van der Waals surface area contributed by atoms with Gasteiger partial charge in [0, 0.05) is 32.7 Å². The summed E-state index contributed by atoms with van der Waals surface area (Å²) in [7, 11) is 0. The molecule has 0 radical (unpaired) electrons. The molecule has 2 aromatic rings. The van der Waals surface area contributed by atoms with Gasteiger partial charge in [0.05, 0.1) is 17.6 Å². The molecule has 0 bridgehead atoms. The fraction of sp³-hybridized carbons (Fsp3) is 0.519. The van der Waals surface area contributed by atoms with Crippen LogP contribution in [0.15, 0.2) is 54.6 Å². The Hall–Kier alpha value is -2.37. The quantitative estimate of drug-likeness (QED) is 0.720. The molecular weight excluding hydrogens is 402 g/mol. The fourth-order valence-corrected chi connectivity index (χ4v) is 5.63. The van der Waals surface area contributed by atoms with Crippen molar-refractivity contribution in [3.8, 4) is 5.75 Å². The Bertz CT molecular complexity index is 930. The summed E-state index contributed by atoms with van der Waals surface area (Å²) in [6.45, 7) is 5.47. The lowest BCUT2D eigenvalue weighted by atomic mass is 9.72. The van der Waals surface area contributed by atoms with E-state index in [0.717, 1.165) is 56.5 Å². The molecule has 3 fully saturated rings. The number of rotatable bonds is 4. The summed E-state index contributed by atoms with van der Waals surface area (Å²) >= 11 is 0. The highest BCUT2D eigenvalue weighted by Gasteiger charge is 2.48. The first-order chi connectivity index (χ1) is 15.6. The molecule has 5 heteroatoms. The number of carbonyl (C=O) groups excluding carboxylic acids is 1. The van der Waals surface area contributed by atoms with E-state index >= 15 is 0 Å². The van der Waals surface area contributed by atoms with Crippen molar-refractivity contribution in [2.24, 2.45) is 0 Å². The van der Waals surface area contributed by atoms with Crippen LogP contribution in [0.1, 0.15) is 43.2 Å². The largest absolute Gasteiger partial charge is 0.488 e. The fourth-order valence-electron chi connectivity index (χ4n) is 5.63. The standard InChI is InChI=1S/C27H33NO4/c1-21-6-5-7-22(18-21)27(12-16-30-17-13-27)25(29)28-14-10-26(11-15-28)19-24(20-31-26)32-23-8-3-2-4-9-23/h2-9,18,24H,10-17,19-20H2,1H3/t24-/m1/s1. The molecular formula is C27H33NO4. The minimum Gasteiger partial charge on any atom is -0.488 e. The van der Waals surface area contributed by atoms with Crippen LogP contribution in [0.3, 0.4) is 0 Å². The molecule has 170 valence electrons. The van der Waals surface area contributed by atoms with Crippen molar-refractivity contribution in [3.05, 3.63) is 65.7 Å². The van der Waals surface area contributed by atoms with Gasteiger partial charge in [0.1, 0.15) is 11.9 Å². The molecule has 1 amide bonds. The molecule has 1 atom stereocenters. The van der Waals surface area contributed by atoms with Crippen LogP contribution in [0.25, 0.3) is 0 Å². The number of benzene rings is 2. The number of hydrogen-bond acceptors (Lipinski definition) is 4. The molecule has 0 aromatic heterocycles. The van der Waals surface area contributed by atoms with Crippen molar-refractivity contribution in [1.82, 2.24) is 4.90 Å². The molecule has 1 spiro atoms. The van der Waals surface area contributed by atoms with Gasteiger partial charge in [0.2, 0.25) is 5.91 Å². The Balaban J connectivity index is 1.25. The predicted octanol–water partition coefficient (Wildman–Crippen LogP) is 4.27. The predicted molar refractivity (Wildman–Crippen MR) is 123 cm³/mol. The number of likely N-dealkylation sites (tertiary alicyclic amines) is 1. The highest BCUT2D eigenvalue weighted by molar-refractivity contribution is 5.88. The van der Waals surface area contributed by atoms with Crippen LogP contribution in [0.2, 0.25) is 0 Å². The second-order valence-electron chi connectivity index (χ2n) is 9.61. The summed E-state index contributed by atoms with van der Waals surface area (Å²) in [5.74, 6) is 1.15. The third kappa shape index (κ3) is 4.16. The molecule has 2 aromatic carbocycles. The normalized spacial score (nSPS) is 24.4. The Morgan fingerprint density at radius 1 is 1.00 bits per heavy atom. The van der Waals surface area contributed by atoms with Gasteiger partial charge in [-0.05, 0) is 50.3 Å². The van der Waals surface area contributed by atoms with Gasteiger partial charge in [-0.2, -0.15) is 0 Å². The highest BCUT2D eigenvalue weighted by Crippen LogP contribution is 2.41. The van der Waals surface area contributed by atoms with E-state index in [1.807, 2.05) is 30.3 Å². The maximum atomic E-state index is 13.9. The third-order valence-electron chi connectivity index (χ3n) is 7.51. The van der Waals surface area contributed by atoms with E-state index in [2.05, 4.69) is 36.1 Å². The van der Waals surface area contributed by atoms with Gasteiger partial charge >= 0.3 is 0 Å². The molecule has 5 rings (SSSR count). The topological polar surface area (TPSA) is 48.0 Å². The van der Waals surface area contributed by atoms with E-state index in [0.29, 0.717) is 19.8 Å². The third-order valence-corrected chi connectivity index (χ3v) is 7.51. The van der Waals surface area contributed by atoms with Crippen LogP contribution in [0, 0.1) is 6.92 Å². The lowest BCUT2D eigenvalue weighted by Crippen LogP contribution is -2.54. The zero-order chi connectivity index (χ0) is 22.0. The summed E-state index contributed by atoms with van der Waals surface area (Å²) in [5, 5.41) is 0. The molecule has 3 saturated heterocycles. The van der Waals surface area contributed by atoms with Crippen LogP contribution in [-0.2, 0) is 19.7 Å². The molecule has 32 heavy (non-hydrogen) atoms. The van der Waals surface area contributed by atoms with Gasteiger partial charge in [0.25, 0.3) is 0 Å². The summed E-state index contributed by atoms with van der Waals surface area (Å²) in [4.78, 5) is 16.0. The molecule has 3 aliphatic rings. The lowest BCUT2D eigenvalue weighted by molar-refractivity contribution is -0.146. The van der Waals surface area contributed by atoms with Crippen molar-refractivity contribution in [1.29, 1.82) is 0 Å². The zero-order valence-corrected chi connectivity index (χ0v) is 18.9. The van der Waals surface area contributed by atoms with Crippen LogP contribution < -0.4 is 4.74 Å². The number of piperidine rings is 1. The first-order valence-corrected chi connectivity index (χ1v) is 11.9. The summed E-state index contributed by atoms with van der Waals surface area (Å²) in [5.41, 5.74) is 1.70. The minimum atomic E-state index is -0.468. The van der Waals surface area contributed by atoms with Crippen LogP contribution in [0.4, 0.5) is 0 Å². The molecule has 3 aliphatic heterocycles. The first kappa shape index (κ1) is 21.5. The molecule has 0 unspecified atom stereocenters. The van der Waals surface area contributed by atoms with Gasteiger partial charge in [-0.25, -0.2) is 0 Å². The minimum absolute atomic E-state index is 0.0776. The molecule has 0 saturated carbocycles. The summed E-state index contributed by atoms with van der Waals surface area (Å²) in [6, 6.07) is 18.4. The summed E-state index contributed by atoms with van der Waals surface area (Å²) < 4.78 is 18.1.